The molecule has 2 rings (SSSR count). The molecule has 1 aliphatic heterocycles. The number of rotatable bonds is 4. The second kappa shape index (κ2) is 6.79. The Morgan fingerprint density at radius 3 is 2.90 bits per heavy atom. The molecule has 1 aliphatic rings. The van der Waals surface area contributed by atoms with Crippen molar-refractivity contribution in [3.05, 3.63) is 29.8 Å². The maximum atomic E-state index is 11.9. The van der Waals surface area contributed by atoms with Crippen molar-refractivity contribution in [2.75, 3.05) is 19.3 Å². The molecular formula is C15H20N2O2S. The highest BCUT2D eigenvalue weighted by atomic mass is 32.2. The number of carbonyl (C=O) groups is 2. The number of aryl methyl sites for hydroxylation is 1. The van der Waals surface area contributed by atoms with Crippen LogP contribution in [-0.2, 0) is 9.59 Å². The third kappa shape index (κ3) is 4.00. The van der Waals surface area contributed by atoms with Gasteiger partial charge in [0.2, 0.25) is 11.8 Å². The summed E-state index contributed by atoms with van der Waals surface area (Å²) in [7, 11) is 1.78. The van der Waals surface area contributed by atoms with Crippen LogP contribution in [0.3, 0.4) is 0 Å². The topological polar surface area (TPSA) is 49.4 Å². The van der Waals surface area contributed by atoms with E-state index in [0.717, 1.165) is 11.3 Å². The largest absolute Gasteiger partial charge is 0.351 e. The number of likely N-dealkylation sites (tertiary alicyclic amines) is 1. The second-order valence-electron chi connectivity index (χ2n) is 5.13. The first-order chi connectivity index (χ1) is 9.56. The summed E-state index contributed by atoms with van der Waals surface area (Å²) >= 11 is 1.55. The molecule has 1 aromatic rings. The van der Waals surface area contributed by atoms with Crippen molar-refractivity contribution in [1.29, 1.82) is 0 Å². The number of amides is 2. The van der Waals surface area contributed by atoms with Gasteiger partial charge >= 0.3 is 0 Å². The van der Waals surface area contributed by atoms with E-state index < -0.39 is 0 Å². The van der Waals surface area contributed by atoms with Crippen molar-refractivity contribution < 1.29 is 9.59 Å². The molecule has 20 heavy (non-hydrogen) atoms. The molecule has 108 valence electrons. The fourth-order valence-electron chi connectivity index (χ4n) is 2.26. The summed E-state index contributed by atoms with van der Waals surface area (Å²) in [5.41, 5.74) is 1.19. The smallest absolute Gasteiger partial charge is 0.230 e. The van der Waals surface area contributed by atoms with E-state index in [0.29, 0.717) is 18.7 Å². The van der Waals surface area contributed by atoms with Crippen molar-refractivity contribution in [3.8, 4) is 0 Å². The second-order valence-corrected chi connectivity index (χ2v) is 6.15. The quantitative estimate of drug-likeness (QED) is 0.861. The van der Waals surface area contributed by atoms with Crippen LogP contribution < -0.4 is 5.32 Å². The van der Waals surface area contributed by atoms with Crippen molar-refractivity contribution >= 4 is 23.6 Å². The highest BCUT2D eigenvalue weighted by Crippen LogP contribution is 2.21. The van der Waals surface area contributed by atoms with Gasteiger partial charge < -0.3 is 10.2 Å². The Kier molecular flexibility index (Phi) is 5.06. The van der Waals surface area contributed by atoms with Gasteiger partial charge in [-0.25, -0.2) is 0 Å². The zero-order valence-corrected chi connectivity index (χ0v) is 12.7. The fourth-order valence-corrected chi connectivity index (χ4v) is 3.10. The van der Waals surface area contributed by atoms with Crippen LogP contribution >= 0.6 is 11.8 Å². The summed E-state index contributed by atoms with van der Waals surface area (Å²) in [5, 5.41) is 3.01. The zero-order chi connectivity index (χ0) is 14.5. The van der Waals surface area contributed by atoms with Gasteiger partial charge in [-0.2, -0.15) is 0 Å². The first-order valence-corrected chi connectivity index (χ1v) is 7.76. The number of thioether (sulfide) groups is 1. The van der Waals surface area contributed by atoms with Crippen molar-refractivity contribution in [1.82, 2.24) is 10.2 Å². The summed E-state index contributed by atoms with van der Waals surface area (Å²) in [6.07, 6.45) is 1.26. The van der Waals surface area contributed by atoms with Gasteiger partial charge in [-0.15, -0.1) is 11.8 Å². The number of nitrogens with one attached hydrogen (secondary N) is 1. The maximum absolute atomic E-state index is 11.9. The number of carbonyl (C=O) groups excluding carboxylic acids is 2. The van der Waals surface area contributed by atoms with Gasteiger partial charge in [-0.3, -0.25) is 9.59 Å². The number of piperidine rings is 1. The number of hydrogen-bond acceptors (Lipinski definition) is 3. The monoisotopic (exact) mass is 292 g/mol. The van der Waals surface area contributed by atoms with E-state index in [1.165, 1.54) is 5.56 Å². The standard InChI is InChI=1S/C15H20N2O2S/c1-11-5-3-4-6-13(11)20-10-14(18)16-12-7-8-15(19)17(2)9-12/h3-6,12H,7-10H2,1-2H3,(H,16,18). The molecule has 5 heteroatoms. The minimum Gasteiger partial charge on any atom is -0.351 e. The minimum absolute atomic E-state index is 0.0333. The van der Waals surface area contributed by atoms with E-state index in [9.17, 15) is 9.59 Å². The van der Waals surface area contributed by atoms with Crippen LogP contribution in [0.1, 0.15) is 18.4 Å². The van der Waals surface area contributed by atoms with Crippen LogP contribution in [-0.4, -0.2) is 42.1 Å². The SMILES string of the molecule is Cc1ccccc1SCC(=O)NC1CCC(=O)N(C)C1. The molecular weight excluding hydrogens is 272 g/mol. The molecule has 4 nitrogen and oxygen atoms in total. The lowest BCUT2D eigenvalue weighted by Gasteiger charge is -2.30. The molecule has 1 saturated heterocycles. The van der Waals surface area contributed by atoms with Crippen LogP contribution in [0.2, 0.25) is 0 Å². The fraction of sp³-hybridized carbons (Fsp3) is 0.467. The minimum atomic E-state index is 0.0333. The maximum Gasteiger partial charge on any atom is 0.230 e. The normalized spacial score (nSPS) is 19.0. The van der Waals surface area contributed by atoms with Gasteiger partial charge in [0.25, 0.3) is 0 Å². The molecule has 2 amide bonds. The molecule has 1 atom stereocenters. The number of likely N-dealkylation sites (N-methyl/N-ethyl adjacent to an activating group) is 1. The number of benzene rings is 1. The Bertz CT molecular complexity index is 504. The summed E-state index contributed by atoms with van der Waals surface area (Å²) in [6, 6.07) is 8.13. The van der Waals surface area contributed by atoms with Crippen LogP contribution in [0.5, 0.6) is 0 Å². The molecule has 0 spiro atoms. The average molecular weight is 292 g/mol. The molecule has 0 aliphatic carbocycles. The Hall–Kier alpha value is -1.49. The van der Waals surface area contributed by atoms with Crippen LogP contribution in [0.25, 0.3) is 0 Å². The van der Waals surface area contributed by atoms with E-state index in [2.05, 4.69) is 5.32 Å². The first-order valence-electron chi connectivity index (χ1n) is 6.78. The van der Waals surface area contributed by atoms with E-state index in [4.69, 9.17) is 0 Å². The van der Waals surface area contributed by atoms with E-state index in [-0.39, 0.29) is 17.9 Å². The van der Waals surface area contributed by atoms with Crippen molar-refractivity contribution in [2.45, 2.75) is 30.7 Å². The highest BCUT2D eigenvalue weighted by molar-refractivity contribution is 8.00. The summed E-state index contributed by atoms with van der Waals surface area (Å²) in [5.74, 6) is 0.606. The van der Waals surface area contributed by atoms with E-state index >= 15 is 0 Å². The third-order valence-corrected chi connectivity index (χ3v) is 4.62. The lowest BCUT2D eigenvalue weighted by atomic mass is 10.1. The molecule has 0 saturated carbocycles. The highest BCUT2D eigenvalue weighted by Gasteiger charge is 2.23. The molecule has 0 bridgehead atoms. The summed E-state index contributed by atoms with van der Waals surface area (Å²) in [4.78, 5) is 26.2. The van der Waals surface area contributed by atoms with Gasteiger partial charge in [-0.1, -0.05) is 18.2 Å². The Labute approximate surface area is 123 Å². The lowest BCUT2D eigenvalue weighted by molar-refractivity contribution is -0.133. The van der Waals surface area contributed by atoms with Gasteiger partial charge in [0.1, 0.15) is 0 Å². The van der Waals surface area contributed by atoms with Crippen molar-refractivity contribution in [3.63, 3.8) is 0 Å². The zero-order valence-electron chi connectivity index (χ0n) is 11.9. The third-order valence-electron chi connectivity index (χ3n) is 3.44. The van der Waals surface area contributed by atoms with Crippen molar-refractivity contribution in [2.24, 2.45) is 0 Å². The van der Waals surface area contributed by atoms with Crippen LogP contribution in [0, 0.1) is 6.92 Å². The molecule has 0 aromatic heterocycles. The molecule has 0 radical (unpaired) electrons. The first kappa shape index (κ1) is 14.9. The number of nitrogens with zero attached hydrogens (tertiary/aromatic N) is 1. The van der Waals surface area contributed by atoms with E-state index in [1.807, 2.05) is 31.2 Å². The average Bonchev–Trinajstić information content (AvgIpc) is 2.42. The Morgan fingerprint density at radius 2 is 2.20 bits per heavy atom. The molecule has 1 unspecified atom stereocenters. The summed E-state index contributed by atoms with van der Waals surface area (Å²) in [6.45, 7) is 2.65. The van der Waals surface area contributed by atoms with Crippen LogP contribution in [0.4, 0.5) is 0 Å². The van der Waals surface area contributed by atoms with Gasteiger partial charge in [0, 0.05) is 31.0 Å². The van der Waals surface area contributed by atoms with Gasteiger partial charge in [0.15, 0.2) is 0 Å². The van der Waals surface area contributed by atoms with Gasteiger partial charge in [-0.05, 0) is 25.0 Å². The van der Waals surface area contributed by atoms with Gasteiger partial charge in [0.05, 0.1) is 5.75 Å². The predicted octanol–water partition coefficient (Wildman–Crippen LogP) is 1.82. The lowest BCUT2D eigenvalue weighted by Crippen LogP contribution is -2.48. The Balaban J connectivity index is 1.79. The van der Waals surface area contributed by atoms with Crippen LogP contribution in [0.15, 0.2) is 29.2 Å². The Morgan fingerprint density at radius 1 is 1.45 bits per heavy atom. The molecule has 1 aromatic carbocycles. The van der Waals surface area contributed by atoms with E-state index in [1.54, 1.807) is 23.7 Å². The number of hydrogen-bond donors (Lipinski definition) is 1. The molecule has 1 N–H and O–H groups in total. The molecule has 1 heterocycles. The summed E-state index contributed by atoms with van der Waals surface area (Å²) < 4.78 is 0. The molecule has 1 fully saturated rings. The predicted molar refractivity (Wildman–Crippen MR) is 80.7 cm³/mol.